The predicted molar refractivity (Wildman–Crippen MR) is 109 cm³/mol. The molecule has 0 spiro atoms. The van der Waals surface area contributed by atoms with Crippen molar-refractivity contribution in [2.24, 2.45) is 10.4 Å². The van der Waals surface area contributed by atoms with E-state index in [9.17, 15) is 4.79 Å². The van der Waals surface area contributed by atoms with E-state index in [0.29, 0.717) is 5.96 Å². The van der Waals surface area contributed by atoms with Gasteiger partial charge in [0.15, 0.2) is 5.96 Å². The molecular weight excluding hydrogens is 348 g/mol. The Bertz CT molecular complexity index is 624. The van der Waals surface area contributed by atoms with Crippen LogP contribution < -0.4 is 10.6 Å². The molecule has 1 fully saturated rings. The third-order valence-corrected chi connectivity index (χ3v) is 4.72. The lowest BCUT2D eigenvalue weighted by molar-refractivity contribution is -0.128. The first-order chi connectivity index (χ1) is 12.4. The molecule has 1 amide bonds. The van der Waals surface area contributed by atoms with Crippen molar-refractivity contribution in [2.45, 2.75) is 40.0 Å². The molecule has 0 aliphatic carbocycles. The SMILES string of the molecule is CCNC(=NCC(=O)N1CCCC1)NCC(C)(C)Cc1cccc(Cl)c1. The molecule has 2 rings (SSSR count). The fourth-order valence-electron chi connectivity index (χ4n) is 3.14. The highest BCUT2D eigenvalue weighted by atomic mass is 35.5. The molecule has 0 aromatic heterocycles. The largest absolute Gasteiger partial charge is 0.357 e. The van der Waals surface area contributed by atoms with Crippen molar-refractivity contribution in [2.75, 3.05) is 32.7 Å². The van der Waals surface area contributed by atoms with Crippen LogP contribution in [-0.4, -0.2) is 49.5 Å². The van der Waals surface area contributed by atoms with Crippen LogP contribution in [0.4, 0.5) is 0 Å². The fourth-order valence-corrected chi connectivity index (χ4v) is 3.35. The van der Waals surface area contributed by atoms with Gasteiger partial charge in [-0.25, -0.2) is 4.99 Å². The number of hydrogen-bond donors (Lipinski definition) is 2. The molecule has 1 aliphatic rings. The summed E-state index contributed by atoms with van der Waals surface area (Å²) in [6.07, 6.45) is 3.11. The number of nitrogens with one attached hydrogen (secondary N) is 2. The number of nitrogens with zero attached hydrogens (tertiary/aromatic N) is 2. The van der Waals surface area contributed by atoms with Crippen LogP contribution in [0.1, 0.15) is 39.2 Å². The summed E-state index contributed by atoms with van der Waals surface area (Å²) >= 11 is 6.09. The zero-order chi connectivity index (χ0) is 19.0. The molecule has 6 heteroatoms. The first-order valence-corrected chi connectivity index (χ1v) is 9.82. The Morgan fingerprint density at radius 2 is 2.00 bits per heavy atom. The Morgan fingerprint density at radius 1 is 1.27 bits per heavy atom. The molecule has 144 valence electrons. The minimum Gasteiger partial charge on any atom is -0.357 e. The van der Waals surface area contributed by atoms with E-state index in [2.05, 4.69) is 35.5 Å². The Balaban J connectivity index is 1.89. The fraction of sp³-hybridized carbons (Fsp3) is 0.600. The maximum absolute atomic E-state index is 12.2. The van der Waals surface area contributed by atoms with Crippen LogP contribution in [0.5, 0.6) is 0 Å². The quantitative estimate of drug-likeness (QED) is 0.566. The van der Waals surface area contributed by atoms with Gasteiger partial charge >= 0.3 is 0 Å². The van der Waals surface area contributed by atoms with Crippen molar-refractivity contribution in [3.63, 3.8) is 0 Å². The summed E-state index contributed by atoms with van der Waals surface area (Å²) in [6.45, 7) is 9.89. The summed E-state index contributed by atoms with van der Waals surface area (Å²) in [5.41, 5.74) is 1.25. The van der Waals surface area contributed by atoms with E-state index in [0.717, 1.165) is 50.5 Å². The van der Waals surface area contributed by atoms with E-state index in [4.69, 9.17) is 11.6 Å². The third-order valence-electron chi connectivity index (χ3n) is 4.48. The summed E-state index contributed by atoms with van der Waals surface area (Å²) in [5, 5.41) is 7.36. The van der Waals surface area contributed by atoms with Crippen molar-refractivity contribution in [1.82, 2.24) is 15.5 Å². The highest BCUT2D eigenvalue weighted by molar-refractivity contribution is 6.30. The van der Waals surface area contributed by atoms with Gasteiger partial charge in [-0.3, -0.25) is 4.79 Å². The number of rotatable bonds is 7. The molecule has 0 unspecified atom stereocenters. The number of likely N-dealkylation sites (tertiary alicyclic amines) is 1. The monoisotopic (exact) mass is 378 g/mol. The molecule has 26 heavy (non-hydrogen) atoms. The summed E-state index contributed by atoms with van der Waals surface area (Å²) in [5.74, 6) is 0.803. The van der Waals surface area contributed by atoms with Crippen LogP contribution >= 0.6 is 11.6 Å². The lowest BCUT2D eigenvalue weighted by Crippen LogP contribution is -2.43. The molecule has 1 aromatic carbocycles. The van der Waals surface area contributed by atoms with E-state index >= 15 is 0 Å². The van der Waals surface area contributed by atoms with Gasteiger partial charge in [-0.2, -0.15) is 0 Å². The van der Waals surface area contributed by atoms with Crippen LogP contribution in [0.2, 0.25) is 5.02 Å². The molecule has 1 aliphatic heterocycles. The van der Waals surface area contributed by atoms with Gasteiger partial charge in [0.1, 0.15) is 6.54 Å². The van der Waals surface area contributed by atoms with Crippen LogP contribution in [0.25, 0.3) is 0 Å². The summed E-state index contributed by atoms with van der Waals surface area (Å²) < 4.78 is 0. The Kier molecular flexibility index (Phi) is 7.76. The van der Waals surface area contributed by atoms with Crippen molar-refractivity contribution in [1.29, 1.82) is 0 Å². The van der Waals surface area contributed by atoms with E-state index in [1.807, 2.05) is 30.0 Å². The topological polar surface area (TPSA) is 56.7 Å². The van der Waals surface area contributed by atoms with E-state index in [1.54, 1.807) is 0 Å². The van der Waals surface area contributed by atoms with Gasteiger partial charge in [0.25, 0.3) is 0 Å². The number of amides is 1. The lowest BCUT2D eigenvalue weighted by atomic mass is 9.86. The Labute approximate surface area is 162 Å². The molecule has 0 atom stereocenters. The third kappa shape index (κ3) is 6.87. The summed E-state index contributed by atoms with van der Waals surface area (Å²) in [6, 6.07) is 7.99. The number of aliphatic imine (C=N–C) groups is 1. The van der Waals surface area contributed by atoms with Gasteiger partial charge in [0, 0.05) is 31.2 Å². The molecule has 5 nitrogen and oxygen atoms in total. The molecule has 0 radical (unpaired) electrons. The minimum atomic E-state index is 0.0276. The number of halogens is 1. The van der Waals surface area contributed by atoms with Crippen LogP contribution in [0.3, 0.4) is 0 Å². The first-order valence-electron chi connectivity index (χ1n) is 9.44. The van der Waals surface area contributed by atoms with Gasteiger partial charge < -0.3 is 15.5 Å². The first kappa shape index (κ1) is 20.6. The smallest absolute Gasteiger partial charge is 0.244 e. The number of guanidine groups is 1. The van der Waals surface area contributed by atoms with Gasteiger partial charge in [-0.1, -0.05) is 37.6 Å². The number of carbonyl (C=O) groups is 1. The van der Waals surface area contributed by atoms with E-state index in [-0.39, 0.29) is 17.9 Å². The predicted octanol–water partition coefficient (Wildman–Crippen LogP) is 3.09. The number of hydrogen-bond acceptors (Lipinski definition) is 2. The maximum Gasteiger partial charge on any atom is 0.244 e. The van der Waals surface area contributed by atoms with Gasteiger partial charge in [-0.15, -0.1) is 0 Å². The average molecular weight is 379 g/mol. The van der Waals surface area contributed by atoms with Gasteiger partial charge in [0.2, 0.25) is 5.91 Å². The number of carbonyl (C=O) groups excluding carboxylic acids is 1. The Hall–Kier alpha value is -1.75. The molecular formula is C20H31ClN4O. The van der Waals surface area contributed by atoms with Crippen molar-refractivity contribution < 1.29 is 4.79 Å². The second-order valence-corrected chi connectivity index (χ2v) is 8.04. The Morgan fingerprint density at radius 3 is 2.65 bits per heavy atom. The van der Waals surface area contributed by atoms with Gasteiger partial charge in [0.05, 0.1) is 0 Å². The highest BCUT2D eigenvalue weighted by Crippen LogP contribution is 2.22. The van der Waals surface area contributed by atoms with Crippen molar-refractivity contribution in [3.8, 4) is 0 Å². The normalized spacial score (nSPS) is 15.2. The zero-order valence-corrected chi connectivity index (χ0v) is 16.9. The zero-order valence-electron chi connectivity index (χ0n) is 16.1. The molecule has 1 saturated heterocycles. The molecule has 0 saturated carbocycles. The molecule has 0 bridgehead atoms. The average Bonchev–Trinajstić information content (AvgIpc) is 3.11. The molecule has 1 heterocycles. The van der Waals surface area contributed by atoms with E-state index in [1.165, 1.54) is 5.56 Å². The second kappa shape index (κ2) is 9.81. The minimum absolute atomic E-state index is 0.0276. The van der Waals surface area contributed by atoms with Crippen molar-refractivity contribution >= 4 is 23.5 Å². The van der Waals surface area contributed by atoms with Gasteiger partial charge in [-0.05, 0) is 49.3 Å². The highest BCUT2D eigenvalue weighted by Gasteiger charge is 2.20. The van der Waals surface area contributed by atoms with Crippen LogP contribution in [0, 0.1) is 5.41 Å². The van der Waals surface area contributed by atoms with E-state index < -0.39 is 0 Å². The molecule has 1 aromatic rings. The maximum atomic E-state index is 12.2. The second-order valence-electron chi connectivity index (χ2n) is 7.61. The standard InChI is InChI=1S/C20H31ClN4O/c1-4-22-19(23-14-18(26)25-10-5-6-11-25)24-15-20(2,3)13-16-8-7-9-17(21)12-16/h7-9,12H,4-6,10-11,13-15H2,1-3H3,(H2,22,23,24). The lowest BCUT2D eigenvalue weighted by Gasteiger charge is -2.26. The number of benzene rings is 1. The summed E-state index contributed by atoms with van der Waals surface area (Å²) in [7, 11) is 0. The van der Waals surface area contributed by atoms with Crippen LogP contribution in [0.15, 0.2) is 29.3 Å². The van der Waals surface area contributed by atoms with Crippen molar-refractivity contribution in [3.05, 3.63) is 34.9 Å². The molecule has 2 N–H and O–H groups in total. The van der Waals surface area contributed by atoms with Crippen LogP contribution in [-0.2, 0) is 11.2 Å². The summed E-state index contributed by atoms with van der Waals surface area (Å²) in [4.78, 5) is 18.5.